The minimum absolute atomic E-state index is 0.00331. The van der Waals surface area contributed by atoms with Crippen molar-refractivity contribution in [3.8, 4) is 0 Å². The number of nitrogens with zero attached hydrogens (tertiary/aromatic N) is 1. The summed E-state index contributed by atoms with van der Waals surface area (Å²) < 4.78 is 5.58. The quantitative estimate of drug-likeness (QED) is 0.731. The van der Waals surface area contributed by atoms with Gasteiger partial charge in [-0.15, -0.1) is 0 Å². The van der Waals surface area contributed by atoms with Crippen LogP contribution in [-0.2, 0) is 9.53 Å². The van der Waals surface area contributed by atoms with Gasteiger partial charge in [-0.1, -0.05) is 20.3 Å². The van der Waals surface area contributed by atoms with Gasteiger partial charge < -0.3 is 9.64 Å². The Bertz CT molecular complexity index is 276. The summed E-state index contributed by atoms with van der Waals surface area (Å²) in [5.41, 5.74) is 0. The zero-order chi connectivity index (χ0) is 13.7. The Morgan fingerprint density at radius 2 is 1.74 bits per heavy atom. The molecule has 0 spiro atoms. The molecule has 2 rings (SSSR count). The van der Waals surface area contributed by atoms with Gasteiger partial charge in [-0.25, -0.2) is 0 Å². The Morgan fingerprint density at radius 3 is 2.32 bits per heavy atom. The highest BCUT2D eigenvalue weighted by molar-refractivity contribution is 5.69. The summed E-state index contributed by atoms with van der Waals surface area (Å²) >= 11 is 0. The molecule has 2 fully saturated rings. The summed E-state index contributed by atoms with van der Waals surface area (Å²) in [7, 11) is 0. The van der Waals surface area contributed by atoms with E-state index < -0.39 is 0 Å². The van der Waals surface area contributed by atoms with Crippen LogP contribution in [0.1, 0.15) is 65.2 Å². The number of carbonyl (C=O) groups excluding carboxylic acids is 1. The van der Waals surface area contributed by atoms with E-state index >= 15 is 0 Å². The fourth-order valence-corrected chi connectivity index (χ4v) is 3.38. The molecule has 0 aromatic rings. The van der Waals surface area contributed by atoms with Crippen LogP contribution in [0, 0.1) is 5.92 Å². The monoisotopic (exact) mass is 267 g/mol. The number of rotatable bonds is 4. The summed E-state index contributed by atoms with van der Waals surface area (Å²) in [6.45, 7) is 6.69. The van der Waals surface area contributed by atoms with Gasteiger partial charge in [0.05, 0.1) is 0 Å². The molecule has 1 saturated heterocycles. The van der Waals surface area contributed by atoms with E-state index in [0.717, 1.165) is 18.9 Å². The summed E-state index contributed by atoms with van der Waals surface area (Å²) in [6, 6.07) is 0.750. The molecule has 0 aromatic heterocycles. The molecular weight excluding hydrogens is 238 g/mol. The van der Waals surface area contributed by atoms with Gasteiger partial charge in [-0.05, 0) is 57.5 Å². The van der Waals surface area contributed by atoms with Gasteiger partial charge in [0.2, 0.25) is 0 Å². The van der Waals surface area contributed by atoms with Gasteiger partial charge >= 0.3 is 5.97 Å². The third-order valence-corrected chi connectivity index (χ3v) is 4.42. The Kier molecular flexibility index (Phi) is 5.68. The maximum Gasteiger partial charge on any atom is 0.306 e. The van der Waals surface area contributed by atoms with Crippen molar-refractivity contribution in [2.75, 3.05) is 13.1 Å². The average Bonchev–Trinajstić information content (AvgIpc) is 2.39. The molecule has 0 radical (unpaired) electrons. The van der Waals surface area contributed by atoms with Crippen LogP contribution in [0.2, 0.25) is 0 Å². The van der Waals surface area contributed by atoms with Gasteiger partial charge in [0.15, 0.2) is 0 Å². The Morgan fingerprint density at radius 1 is 1.11 bits per heavy atom. The molecule has 19 heavy (non-hydrogen) atoms. The average molecular weight is 267 g/mol. The first-order valence-corrected chi connectivity index (χ1v) is 8.08. The third kappa shape index (κ3) is 4.79. The Labute approximate surface area is 117 Å². The van der Waals surface area contributed by atoms with E-state index in [1.807, 2.05) is 0 Å². The van der Waals surface area contributed by atoms with Gasteiger partial charge in [0, 0.05) is 12.5 Å². The van der Waals surface area contributed by atoms with E-state index in [-0.39, 0.29) is 12.1 Å². The van der Waals surface area contributed by atoms with E-state index in [9.17, 15) is 4.79 Å². The van der Waals surface area contributed by atoms with Gasteiger partial charge in [-0.2, -0.15) is 0 Å². The molecule has 0 N–H and O–H groups in total. The minimum Gasteiger partial charge on any atom is -0.462 e. The number of piperidine rings is 1. The van der Waals surface area contributed by atoms with Crippen LogP contribution in [0.25, 0.3) is 0 Å². The van der Waals surface area contributed by atoms with Crippen molar-refractivity contribution >= 4 is 5.97 Å². The van der Waals surface area contributed by atoms with Crippen molar-refractivity contribution in [2.45, 2.75) is 77.4 Å². The zero-order valence-electron chi connectivity index (χ0n) is 12.6. The van der Waals surface area contributed by atoms with Crippen molar-refractivity contribution in [1.82, 2.24) is 4.90 Å². The number of ether oxygens (including phenoxy) is 1. The largest absolute Gasteiger partial charge is 0.462 e. The first-order valence-electron chi connectivity index (χ1n) is 8.08. The van der Waals surface area contributed by atoms with E-state index in [2.05, 4.69) is 18.7 Å². The number of carbonyl (C=O) groups is 1. The van der Waals surface area contributed by atoms with Crippen molar-refractivity contribution in [3.63, 3.8) is 0 Å². The molecule has 1 aliphatic heterocycles. The van der Waals surface area contributed by atoms with Crippen molar-refractivity contribution in [3.05, 3.63) is 0 Å². The fraction of sp³-hybridized carbons (Fsp3) is 0.938. The fourth-order valence-electron chi connectivity index (χ4n) is 3.38. The first kappa shape index (κ1) is 14.8. The standard InChI is InChI=1S/C16H29NO2/c1-13(2)12-16(18)19-15-8-6-14(7-9-15)17-10-4-3-5-11-17/h13-15H,3-12H2,1-2H3. The molecule has 110 valence electrons. The Balaban J connectivity index is 1.68. The molecule has 0 bridgehead atoms. The highest BCUT2D eigenvalue weighted by Gasteiger charge is 2.28. The molecule has 3 heteroatoms. The van der Waals surface area contributed by atoms with Gasteiger partial charge in [0.25, 0.3) is 0 Å². The minimum atomic E-state index is -0.00331. The SMILES string of the molecule is CC(C)CC(=O)OC1CCC(N2CCCCC2)CC1. The van der Waals surface area contributed by atoms with E-state index in [0.29, 0.717) is 12.3 Å². The lowest BCUT2D eigenvalue weighted by Gasteiger charge is -2.38. The first-order chi connectivity index (χ1) is 9.15. The predicted octanol–water partition coefficient (Wildman–Crippen LogP) is 3.37. The molecule has 2 aliphatic rings. The number of hydrogen-bond donors (Lipinski definition) is 0. The second-order valence-corrected chi connectivity index (χ2v) is 6.61. The van der Waals surface area contributed by atoms with Crippen LogP contribution in [-0.4, -0.2) is 36.1 Å². The summed E-state index contributed by atoms with van der Waals surface area (Å²) in [6.07, 6.45) is 9.42. The maximum absolute atomic E-state index is 11.7. The lowest BCUT2D eigenvalue weighted by Crippen LogP contribution is -2.42. The third-order valence-electron chi connectivity index (χ3n) is 4.42. The van der Waals surface area contributed by atoms with Gasteiger partial charge in [0.1, 0.15) is 6.10 Å². The number of esters is 1. The highest BCUT2D eigenvalue weighted by Crippen LogP contribution is 2.27. The lowest BCUT2D eigenvalue weighted by atomic mass is 9.90. The van der Waals surface area contributed by atoms with Crippen LogP contribution in [0.5, 0.6) is 0 Å². The zero-order valence-corrected chi connectivity index (χ0v) is 12.6. The van der Waals surface area contributed by atoms with Crippen molar-refractivity contribution in [2.24, 2.45) is 5.92 Å². The molecule has 0 amide bonds. The van der Waals surface area contributed by atoms with Gasteiger partial charge in [-0.3, -0.25) is 4.79 Å². The summed E-state index contributed by atoms with van der Waals surface area (Å²) in [5, 5.41) is 0. The normalized spacial score (nSPS) is 29.4. The van der Waals surface area contributed by atoms with E-state index in [1.54, 1.807) is 0 Å². The summed E-state index contributed by atoms with van der Waals surface area (Å²) in [5.74, 6) is 0.397. The van der Waals surface area contributed by atoms with Crippen LogP contribution in [0.4, 0.5) is 0 Å². The molecule has 0 aromatic carbocycles. The smallest absolute Gasteiger partial charge is 0.306 e. The van der Waals surface area contributed by atoms with E-state index in [1.165, 1.54) is 45.2 Å². The topological polar surface area (TPSA) is 29.5 Å². The number of hydrogen-bond acceptors (Lipinski definition) is 3. The highest BCUT2D eigenvalue weighted by atomic mass is 16.5. The molecule has 1 heterocycles. The Hall–Kier alpha value is -0.570. The molecular formula is C16H29NO2. The van der Waals surface area contributed by atoms with Crippen molar-refractivity contribution < 1.29 is 9.53 Å². The molecule has 1 aliphatic carbocycles. The molecule has 0 unspecified atom stereocenters. The van der Waals surface area contributed by atoms with Crippen LogP contribution in [0.3, 0.4) is 0 Å². The van der Waals surface area contributed by atoms with Crippen LogP contribution in [0.15, 0.2) is 0 Å². The van der Waals surface area contributed by atoms with Crippen LogP contribution < -0.4 is 0 Å². The molecule has 3 nitrogen and oxygen atoms in total. The molecule has 1 saturated carbocycles. The predicted molar refractivity (Wildman–Crippen MR) is 77.0 cm³/mol. The van der Waals surface area contributed by atoms with Crippen LogP contribution >= 0.6 is 0 Å². The van der Waals surface area contributed by atoms with E-state index in [4.69, 9.17) is 4.74 Å². The molecule has 0 atom stereocenters. The second-order valence-electron chi connectivity index (χ2n) is 6.61. The number of likely N-dealkylation sites (tertiary alicyclic amines) is 1. The van der Waals surface area contributed by atoms with Crippen molar-refractivity contribution in [1.29, 1.82) is 0 Å². The lowest BCUT2D eigenvalue weighted by molar-refractivity contribution is -0.152. The maximum atomic E-state index is 11.7. The second kappa shape index (κ2) is 7.28. The summed E-state index contributed by atoms with van der Waals surface area (Å²) in [4.78, 5) is 14.3.